The lowest BCUT2D eigenvalue weighted by Gasteiger charge is -2.44. The first-order chi connectivity index (χ1) is 12.8. The van der Waals surface area contributed by atoms with E-state index in [0.29, 0.717) is 0 Å². The number of nitrogens with one attached hydrogen (secondary N) is 3. The number of nitrogens with zero attached hydrogens (tertiary/aromatic N) is 2. The van der Waals surface area contributed by atoms with Crippen LogP contribution < -0.4 is 10.9 Å². The quantitative estimate of drug-likeness (QED) is 0.596. The summed E-state index contributed by atoms with van der Waals surface area (Å²) in [5.41, 5.74) is -4.31. The molecule has 1 aliphatic heterocycles. The first kappa shape index (κ1) is 17.3. The number of aromatic nitrogens is 4. The summed E-state index contributed by atoms with van der Waals surface area (Å²) in [7, 11) is 0. The van der Waals surface area contributed by atoms with Gasteiger partial charge in [-0.25, -0.2) is 9.37 Å². The topological polar surface area (TPSA) is 86.5 Å². The predicted octanol–water partition coefficient (Wildman–Crippen LogP) is 3.34. The smallest absolute Gasteiger partial charge is 0.351 e. The Morgan fingerprint density at radius 1 is 1.19 bits per heavy atom. The molecule has 0 saturated carbocycles. The summed E-state index contributed by atoms with van der Waals surface area (Å²) in [6.07, 6.45) is -2.57. The van der Waals surface area contributed by atoms with Crippen LogP contribution in [0, 0.1) is 5.82 Å². The van der Waals surface area contributed by atoms with Crippen molar-refractivity contribution in [1.82, 2.24) is 20.2 Å². The first-order valence-corrected chi connectivity index (χ1v) is 7.98. The molecule has 6 nitrogen and oxygen atoms in total. The van der Waals surface area contributed by atoms with E-state index in [1.807, 2.05) is 0 Å². The third-order valence-electron chi connectivity index (χ3n) is 4.97. The fourth-order valence-electron chi connectivity index (χ4n) is 3.80. The second-order valence-corrected chi connectivity index (χ2v) is 6.30. The number of H-pyrrole nitrogens is 2. The number of halogens is 4. The van der Waals surface area contributed by atoms with Gasteiger partial charge in [0.2, 0.25) is 0 Å². The van der Waals surface area contributed by atoms with E-state index in [4.69, 9.17) is 0 Å². The lowest BCUT2D eigenvalue weighted by molar-refractivity contribution is -0.184. The average molecular weight is 379 g/mol. The average Bonchev–Trinajstić information content (AvgIpc) is 3.13. The van der Waals surface area contributed by atoms with Gasteiger partial charge in [0.25, 0.3) is 5.56 Å². The molecule has 0 radical (unpaired) electrons. The van der Waals surface area contributed by atoms with Gasteiger partial charge in [0.1, 0.15) is 23.2 Å². The molecule has 2 atom stereocenters. The maximum atomic E-state index is 14.7. The van der Waals surface area contributed by atoms with Gasteiger partial charge in [-0.3, -0.25) is 9.89 Å². The van der Waals surface area contributed by atoms with E-state index in [-0.39, 0.29) is 28.3 Å². The molecule has 1 aromatic carbocycles. The number of benzene rings is 1. The largest absolute Gasteiger partial charge is 0.403 e. The summed E-state index contributed by atoms with van der Waals surface area (Å²) in [5, 5.41) is 8.91. The highest BCUT2D eigenvalue weighted by molar-refractivity contribution is 5.76. The summed E-state index contributed by atoms with van der Waals surface area (Å²) in [6.45, 7) is 1.31. The normalized spacial score (nSPS) is 19.7. The van der Waals surface area contributed by atoms with Crippen LogP contribution in [-0.2, 0) is 5.41 Å². The van der Waals surface area contributed by atoms with Crippen LogP contribution in [0.4, 0.5) is 28.9 Å². The van der Waals surface area contributed by atoms with E-state index in [0.717, 1.165) is 18.3 Å². The third kappa shape index (κ3) is 2.29. The standard InChI is InChI=1S/C17H13F4N5O/c1-8(14-23-7-24-26-14)16(17(19,20)21)10-4-5-22-15(27)13(10)25-12-3-2-9(18)6-11(12)16/h2-8,25H,1H3,(H,22,27)(H,23,24,26). The molecule has 27 heavy (non-hydrogen) atoms. The van der Waals surface area contributed by atoms with Gasteiger partial charge in [0.15, 0.2) is 5.82 Å². The van der Waals surface area contributed by atoms with E-state index in [1.165, 1.54) is 25.4 Å². The molecule has 0 aliphatic carbocycles. The van der Waals surface area contributed by atoms with Gasteiger partial charge < -0.3 is 10.3 Å². The number of fused-ring (bicyclic) bond motifs is 2. The number of hydrogen-bond donors (Lipinski definition) is 3. The lowest BCUT2D eigenvalue weighted by Crippen LogP contribution is -2.51. The van der Waals surface area contributed by atoms with E-state index in [9.17, 15) is 22.4 Å². The van der Waals surface area contributed by atoms with Gasteiger partial charge >= 0.3 is 6.18 Å². The van der Waals surface area contributed by atoms with Crippen molar-refractivity contribution in [3.8, 4) is 0 Å². The van der Waals surface area contributed by atoms with Crippen LogP contribution in [0.15, 0.2) is 41.6 Å². The van der Waals surface area contributed by atoms with Crippen LogP contribution in [0.25, 0.3) is 0 Å². The van der Waals surface area contributed by atoms with Crippen molar-refractivity contribution in [1.29, 1.82) is 0 Å². The van der Waals surface area contributed by atoms with Crippen molar-refractivity contribution in [3.05, 3.63) is 69.9 Å². The first-order valence-electron chi connectivity index (χ1n) is 7.98. The number of anilines is 2. The molecule has 0 spiro atoms. The zero-order chi connectivity index (χ0) is 19.4. The molecule has 0 bridgehead atoms. The molecule has 3 N–H and O–H groups in total. The molecule has 0 amide bonds. The molecular weight excluding hydrogens is 366 g/mol. The Morgan fingerprint density at radius 3 is 2.63 bits per heavy atom. The zero-order valence-electron chi connectivity index (χ0n) is 13.9. The number of hydrogen-bond acceptors (Lipinski definition) is 4. The summed E-state index contributed by atoms with van der Waals surface area (Å²) in [6, 6.07) is 4.23. The summed E-state index contributed by atoms with van der Waals surface area (Å²) in [4.78, 5) is 18.5. The van der Waals surface area contributed by atoms with Crippen LogP contribution in [0.1, 0.15) is 29.8 Å². The molecule has 2 unspecified atom stereocenters. The molecular formula is C17H13F4N5O. The maximum absolute atomic E-state index is 14.7. The minimum Gasteiger partial charge on any atom is -0.351 e. The van der Waals surface area contributed by atoms with Crippen LogP contribution in [0.5, 0.6) is 0 Å². The van der Waals surface area contributed by atoms with Crippen molar-refractivity contribution in [2.45, 2.75) is 24.4 Å². The van der Waals surface area contributed by atoms with Gasteiger partial charge in [0, 0.05) is 23.4 Å². The van der Waals surface area contributed by atoms with Crippen molar-refractivity contribution in [2.24, 2.45) is 0 Å². The van der Waals surface area contributed by atoms with Crippen LogP contribution in [-0.4, -0.2) is 26.3 Å². The van der Waals surface area contributed by atoms with Gasteiger partial charge in [-0.1, -0.05) is 6.92 Å². The van der Waals surface area contributed by atoms with E-state index < -0.39 is 28.9 Å². The summed E-state index contributed by atoms with van der Waals surface area (Å²) in [5.74, 6) is -2.26. The highest BCUT2D eigenvalue weighted by Crippen LogP contribution is 2.59. The number of alkyl halides is 3. The minimum absolute atomic E-state index is 0.000288. The van der Waals surface area contributed by atoms with Gasteiger partial charge in [0.05, 0.1) is 0 Å². The Kier molecular flexibility index (Phi) is 3.62. The van der Waals surface area contributed by atoms with Crippen LogP contribution in [0.2, 0.25) is 0 Å². The molecule has 2 aromatic heterocycles. The van der Waals surface area contributed by atoms with Gasteiger partial charge in [-0.05, 0) is 29.8 Å². The monoisotopic (exact) mass is 379 g/mol. The maximum Gasteiger partial charge on any atom is 0.403 e. The van der Waals surface area contributed by atoms with Crippen molar-refractivity contribution >= 4 is 11.4 Å². The number of rotatable bonds is 2. The SMILES string of the molecule is CC(c1nc[nH]n1)C1(C(F)(F)F)c2cc(F)ccc2Nc2c1cc[nH]c2=O. The number of pyridine rings is 1. The summed E-state index contributed by atoms with van der Waals surface area (Å²) < 4.78 is 58.2. The molecule has 140 valence electrons. The Labute approximate surface area is 149 Å². The fraction of sp³-hybridized carbons (Fsp3) is 0.235. The van der Waals surface area contributed by atoms with E-state index in [2.05, 4.69) is 25.5 Å². The Morgan fingerprint density at radius 2 is 1.96 bits per heavy atom. The predicted molar refractivity (Wildman–Crippen MR) is 88.4 cm³/mol. The molecule has 3 aromatic rings. The number of aromatic amines is 2. The molecule has 4 rings (SSSR count). The zero-order valence-corrected chi connectivity index (χ0v) is 13.9. The summed E-state index contributed by atoms with van der Waals surface area (Å²) >= 11 is 0. The Balaban J connectivity index is 2.16. The highest BCUT2D eigenvalue weighted by Gasteiger charge is 2.64. The third-order valence-corrected chi connectivity index (χ3v) is 4.97. The van der Waals surface area contributed by atoms with Crippen molar-refractivity contribution < 1.29 is 17.6 Å². The van der Waals surface area contributed by atoms with Crippen LogP contribution >= 0.6 is 0 Å². The van der Waals surface area contributed by atoms with Crippen LogP contribution in [0.3, 0.4) is 0 Å². The van der Waals surface area contributed by atoms with E-state index in [1.54, 1.807) is 0 Å². The second kappa shape index (κ2) is 5.66. The molecule has 0 saturated heterocycles. The lowest BCUT2D eigenvalue weighted by atomic mass is 9.63. The van der Waals surface area contributed by atoms with Crippen molar-refractivity contribution in [3.63, 3.8) is 0 Å². The van der Waals surface area contributed by atoms with Gasteiger partial charge in [-0.15, -0.1) is 0 Å². The minimum atomic E-state index is -4.87. The Bertz CT molecular complexity index is 1060. The van der Waals surface area contributed by atoms with Crippen molar-refractivity contribution in [2.75, 3.05) is 5.32 Å². The second-order valence-electron chi connectivity index (χ2n) is 6.30. The highest BCUT2D eigenvalue weighted by atomic mass is 19.4. The fourth-order valence-corrected chi connectivity index (χ4v) is 3.80. The van der Waals surface area contributed by atoms with Gasteiger partial charge in [-0.2, -0.15) is 18.3 Å². The molecule has 3 heterocycles. The van der Waals surface area contributed by atoms with E-state index >= 15 is 0 Å². The molecule has 0 fully saturated rings. The molecule has 1 aliphatic rings. The molecule has 10 heteroatoms. The Hall–Kier alpha value is -3.17.